The molecule has 0 radical (unpaired) electrons. The van der Waals surface area contributed by atoms with Crippen molar-refractivity contribution < 1.29 is 19.2 Å². The highest BCUT2D eigenvalue weighted by molar-refractivity contribution is 5.89. The summed E-state index contributed by atoms with van der Waals surface area (Å²) in [6.07, 6.45) is 1.53. The molecule has 0 aliphatic heterocycles. The minimum Gasteiger partial charge on any atom is -0.490 e. The Labute approximate surface area is 148 Å². The lowest BCUT2D eigenvalue weighted by atomic mass is 10.3. The maximum Gasteiger partial charge on any atom is 0.364 e. The van der Waals surface area contributed by atoms with Crippen molar-refractivity contribution in [3.8, 4) is 17.2 Å². The summed E-state index contributed by atoms with van der Waals surface area (Å²) in [5, 5.41) is 15.0. The zero-order valence-corrected chi connectivity index (χ0v) is 13.9. The number of ether oxygens (including phenoxy) is 2. The van der Waals surface area contributed by atoms with Gasteiger partial charge in [-0.3, -0.25) is 10.1 Å². The zero-order chi connectivity index (χ0) is 18.5. The Morgan fingerprint density at radius 1 is 1.15 bits per heavy atom. The molecule has 0 aliphatic rings. The molecule has 132 valence electrons. The molecule has 0 aliphatic carbocycles. The summed E-state index contributed by atoms with van der Waals surface area (Å²) in [4.78, 5) is 22.7. The average molecular weight is 353 g/mol. The molecule has 2 aromatic carbocycles. The number of esters is 1. The van der Waals surface area contributed by atoms with E-state index in [9.17, 15) is 14.9 Å². The van der Waals surface area contributed by atoms with Gasteiger partial charge in [0.25, 0.3) is 5.69 Å². The smallest absolute Gasteiger partial charge is 0.364 e. The zero-order valence-electron chi connectivity index (χ0n) is 13.9. The molecule has 0 unspecified atom stereocenters. The standard InChI is InChI=1S/C18H15N3O5/c1-2-25-16-8-3-4-9-17(16)26-18(22)15-10-11-20(19-15)13-6-5-7-14(12-13)21(23)24/h3-12H,2H2,1H3. The van der Waals surface area contributed by atoms with Gasteiger partial charge in [-0.2, -0.15) is 5.10 Å². The van der Waals surface area contributed by atoms with E-state index in [0.29, 0.717) is 23.8 Å². The van der Waals surface area contributed by atoms with E-state index >= 15 is 0 Å². The van der Waals surface area contributed by atoms with E-state index in [1.807, 2.05) is 6.92 Å². The summed E-state index contributed by atoms with van der Waals surface area (Å²) in [6.45, 7) is 2.27. The molecule has 0 amide bonds. The Kier molecular flexibility index (Phi) is 4.93. The van der Waals surface area contributed by atoms with Crippen LogP contribution in [0.15, 0.2) is 60.8 Å². The third-order valence-corrected chi connectivity index (χ3v) is 3.45. The number of rotatable bonds is 6. The van der Waals surface area contributed by atoms with E-state index in [0.717, 1.165) is 0 Å². The normalized spacial score (nSPS) is 10.3. The molecule has 0 N–H and O–H groups in total. The minimum absolute atomic E-state index is 0.0623. The highest BCUT2D eigenvalue weighted by Crippen LogP contribution is 2.27. The van der Waals surface area contributed by atoms with Gasteiger partial charge in [-0.05, 0) is 31.2 Å². The van der Waals surface area contributed by atoms with Gasteiger partial charge in [-0.15, -0.1) is 0 Å². The number of carbonyl (C=O) groups excluding carboxylic acids is 1. The molecule has 0 saturated carbocycles. The molecule has 1 heterocycles. The van der Waals surface area contributed by atoms with Crippen LogP contribution in [-0.2, 0) is 0 Å². The maximum absolute atomic E-state index is 12.3. The van der Waals surface area contributed by atoms with Gasteiger partial charge < -0.3 is 9.47 Å². The van der Waals surface area contributed by atoms with Crippen molar-refractivity contribution in [2.75, 3.05) is 6.61 Å². The highest BCUT2D eigenvalue weighted by atomic mass is 16.6. The van der Waals surface area contributed by atoms with Crippen LogP contribution >= 0.6 is 0 Å². The Morgan fingerprint density at radius 2 is 1.92 bits per heavy atom. The lowest BCUT2D eigenvalue weighted by Crippen LogP contribution is -2.11. The first-order valence-corrected chi connectivity index (χ1v) is 7.83. The van der Waals surface area contributed by atoms with Gasteiger partial charge in [0.15, 0.2) is 17.2 Å². The van der Waals surface area contributed by atoms with Crippen LogP contribution in [0.1, 0.15) is 17.4 Å². The summed E-state index contributed by atoms with van der Waals surface area (Å²) in [7, 11) is 0. The summed E-state index contributed by atoms with van der Waals surface area (Å²) in [5.74, 6) is 0.104. The van der Waals surface area contributed by atoms with Crippen molar-refractivity contribution in [1.29, 1.82) is 0 Å². The van der Waals surface area contributed by atoms with Gasteiger partial charge in [0, 0.05) is 18.3 Å². The number of nitro groups is 1. The van der Waals surface area contributed by atoms with E-state index in [4.69, 9.17) is 9.47 Å². The number of hydrogen-bond donors (Lipinski definition) is 0. The molecule has 0 spiro atoms. The lowest BCUT2D eigenvalue weighted by molar-refractivity contribution is -0.384. The van der Waals surface area contributed by atoms with Gasteiger partial charge in [-0.1, -0.05) is 18.2 Å². The summed E-state index contributed by atoms with van der Waals surface area (Å²) >= 11 is 0. The molecule has 3 aromatic rings. The Morgan fingerprint density at radius 3 is 2.65 bits per heavy atom. The van der Waals surface area contributed by atoms with Crippen molar-refractivity contribution in [1.82, 2.24) is 9.78 Å². The third kappa shape index (κ3) is 3.69. The van der Waals surface area contributed by atoms with E-state index in [2.05, 4.69) is 5.10 Å². The molecular weight excluding hydrogens is 338 g/mol. The van der Waals surface area contributed by atoms with Crippen LogP contribution < -0.4 is 9.47 Å². The minimum atomic E-state index is -0.652. The lowest BCUT2D eigenvalue weighted by Gasteiger charge is -2.09. The Balaban J connectivity index is 1.81. The van der Waals surface area contributed by atoms with E-state index in [-0.39, 0.29) is 11.4 Å². The van der Waals surface area contributed by atoms with Crippen molar-refractivity contribution in [3.05, 3.63) is 76.6 Å². The van der Waals surface area contributed by atoms with Gasteiger partial charge in [0.2, 0.25) is 0 Å². The number of aromatic nitrogens is 2. The molecule has 8 heteroatoms. The third-order valence-electron chi connectivity index (χ3n) is 3.45. The summed E-state index contributed by atoms with van der Waals surface area (Å²) < 4.78 is 12.1. The fourth-order valence-corrected chi connectivity index (χ4v) is 2.29. The molecule has 0 bridgehead atoms. The first kappa shape index (κ1) is 17.2. The molecular formula is C18H15N3O5. The van der Waals surface area contributed by atoms with E-state index in [1.165, 1.54) is 29.1 Å². The SMILES string of the molecule is CCOc1ccccc1OC(=O)c1ccn(-c2cccc([N+](=O)[O-])c2)n1. The van der Waals surface area contributed by atoms with Crippen LogP contribution in [0.25, 0.3) is 5.69 Å². The number of para-hydroxylation sites is 2. The predicted molar refractivity (Wildman–Crippen MR) is 92.8 cm³/mol. The Bertz CT molecular complexity index is 951. The number of hydrogen-bond acceptors (Lipinski definition) is 6. The topological polar surface area (TPSA) is 96.5 Å². The van der Waals surface area contributed by atoms with Crippen LogP contribution in [0.5, 0.6) is 11.5 Å². The second-order valence-corrected chi connectivity index (χ2v) is 5.19. The molecule has 1 aromatic heterocycles. The average Bonchev–Trinajstić information content (AvgIpc) is 3.14. The van der Waals surface area contributed by atoms with Crippen molar-refractivity contribution in [3.63, 3.8) is 0 Å². The van der Waals surface area contributed by atoms with Crippen molar-refractivity contribution in [2.45, 2.75) is 6.92 Å². The van der Waals surface area contributed by atoms with Crippen LogP contribution in [0.3, 0.4) is 0 Å². The summed E-state index contributed by atoms with van der Waals surface area (Å²) in [6, 6.07) is 14.3. The van der Waals surface area contributed by atoms with Gasteiger partial charge in [0.1, 0.15) is 0 Å². The highest BCUT2D eigenvalue weighted by Gasteiger charge is 2.16. The van der Waals surface area contributed by atoms with Gasteiger partial charge >= 0.3 is 5.97 Å². The molecule has 0 fully saturated rings. The largest absolute Gasteiger partial charge is 0.490 e. The second-order valence-electron chi connectivity index (χ2n) is 5.19. The fraction of sp³-hybridized carbons (Fsp3) is 0.111. The van der Waals surface area contributed by atoms with Crippen molar-refractivity contribution >= 4 is 11.7 Å². The molecule has 26 heavy (non-hydrogen) atoms. The van der Waals surface area contributed by atoms with Crippen LogP contribution in [0, 0.1) is 10.1 Å². The number of nitro benzene ring substituents is 1. The fourth-order valence-electron chi connectivity index (χ4n) is 2.29. The van der Waals surface area contributed by atoms with E-state index < -0.39 is 10.9 Å². The van der Waals surface area contributed by atoms with Crippen LogP contribution in [0.2, 0.25) is 0 Å². The predicted octanol–water partition coefficient (Wildman–Crippen LogP) is 3.40. The number of nitrogens with zero attached hydrogens (tertiary/aromatic N) is 3. The first-order valence-electron chi connectivity index (χ1n) is 7.83. The molecule has 8 nitrogen and oxygen atoms in total. The molecule has 3 rings (SSSR count). The summed E-state index contributed by atoms with van der Waals surface area (Å²) in [5.41, 5.74) is 0.476. The number of benzene rings is 2. The quantitative estimate of drug-likeness (QED) is 0.292. The van der Waals surface area contributed by atoms with Gasteiger partial charge in [-0.25, -0.2) is 9.48 Å². The second kappa shape index (κ2) is 7.47. The van der Waals surface area contributed by atoms with Crippen LogP contribution in [0.4, 0.5) is 5.69 Å². The molecule has 0 atom stereocenters. The number of carbonyl (C=O) groups is 1. The van der Waals surface area contributed by atoms with Crippen molar-refractivity contribution in [2.24, 2.45) is 0 Å². The monoisotopic (exact) mass is 353 g/mol. The first-order chi connectivity index (χ1) is 12.6. The molecule has 0 saturated heterocycles. The number of non-ortho nitro benzene ring substituents is 1. The van der Waals surface area contributed by atoms with Crippen LogP contribution in [-0.4, -0.2) is 27.3 Å². The maximum atomic E-state index is 12.3. The Hall–Kier alpha value is -3.68. The van der Waals surface area contributed by atoms with Gasteiger partial charge in [0.05, 0.1) is 17.2 Å². The van der Waals surface area contributed by atoms with E-state index in [1.54, 1.807) is 36.4 Å².